The van der Waals surface area contributed by atoms with E-state index in [0.717, 1.165) is 38.9 Å². The van der Waals surface area contributed by atoms with Crippen LogP contribution < -0.4 is 0 Å². The Labute approximate surface area is 114 Å². The highest BCUT2D eigenvalue weighted by Crippen LogP contribution is 2.24. The van der Waals surface area contributed by atoms with Crippen LogP contribution >= 0.6 is 11.6 Å². The molecule has 2 rings (SSSR count). The summed E-state index contributed by atoms with van der Waals surface area (Å²) in [6.07, 6.45) is 3.25. The highest BCUT2D eigenvalue weighted by molar-refractivity contribution is 6.34. The van der Waals surface area contributed by atoms with E-state index >= 15 is 0 Å². The van der Waals surface area contributed by atoms with Crippen molar-refractivity contribution in [2.75, 3.05) is 19.6 Å². The lowest BCUT2D eigenvalue weighted by atomic mass is 9.90. The van der Waals surface area contributed by atoms with Crippen LogP contribution in [0, 0.1) is 5.92 Å². The molecule has 1 aliphatic heterocycles. The van der Waals surface area contributed by atoms with E-state index < -0.39 is 0 Å². The first-order valence-electron chi connectivity index (χ1n) is 6.73. The third-order valence-electron chi connectivity index (χ3n) is 3.56. The first-order valence-corrected chi connectivity index (χ1v) is 7.11. The molecular weight excluding hydrogens is 246 g/mol. The van der Waals surface area contributed by atoms with Gasteiger partial charge in [-0.05, 0) is 44.5 Å². The monoisotopic (exact) mass is 265 g/mol. The number of hydrogen-bond acceptors (Lipinski definition) is 2. The molecule has 0 aromatic heterocycles. The van der Waals surface area contributed by atoms with Crippen molar-refractivity contribution in [2.45, 2.75) is 26.2 Å². The van der Waals surface area contributed by atoms with Gasteiger partial charge in [-0.15, -0.1) is 0 Å². The summed E-state index contributed by atoms with van der Waals surface area (Å²) < 4.78 is 0. The van der Waals surface area contributed by atoms with E-state index in [1.165, 1.54) is 0 Å². The van der Waals surface area contributed by atoms with Crippen LogP contribution in [-0.4, -0.2) is 30.3 Å². The maximum absolute atomic E-state index is 12.5. The molecule has 1 aliphatic rings. The Hall–Kier alpha value is -0.860. The zero-order chi connectivity index (χ0) is 13.0. The van der Waals surface area contributed by atoms with Gasteiger partial charge in [0.05, 0.1) is 5.02 Å². The van der Waals surface area contributed by atoms with Gasteiger partial charge in [0.25, 0.3) is 0 Å². The van der Waals surface area contributed by atoms with Crippen LogP contribution in [-0.2, 0) is 0 Å². The highest BCUT2D eigenvalue weighted by atomic mass is 35.5. The van der Waals surface area contributed by atoms with Crippen LogP contribution in [0.3, 0.4) is 0 Å². The van der Waals surface area contributed by atoms with Crippen molar-refractivity contribution in [3.63, 3.8) is 0 Å². The summed E-state index contributed by atoms with van der Waals surface area (Å²) in [5.41, 5.74) is 0.683. The van der Waals surface area contributed by atoms with E-state index in [-0.39, 0.29) is 11.7 Å². The smallest absolute Gasteiger partial charge is 0.168 e. The minimum Gasteiger partial charge on any atom is -0.303 e. The molecular formula is C15H20ClNO. The number of likely N-dealkylation sites (tertiary alicyclic amines) is 1. The number of Topliss-reactive ketones (excluding diaryl/α,β-unsaturated/α-hetero) is 1. The van der Waals surface area contributed by atoms with Crippen LogP contribution in [0.2, 0.25) is 5.02 Å². The van der Waals surface area contributed by atoms with E-state index in [9.17, 15) is 4.79 Å². The minimum absolute atomic E-state index is 0.116. The molecule has 0 bridgehead atoms. The topological polar surface area (TPSA) is 20.3 Å². The molecule has 1 atom stereocenters. The van der Waals surface area contributed by atoms with E-state index in [2.05, 4.69) is 11.8 Å². The van der Waals surface area contributed by atoms with E-state index in [4.69, 9.17) is 11.6 Å². The minimum atomic E-state index is 0.116. The molecule has 18 heavy (non-hydrogen) atoms. The maximum Gasteiger partial charge on any atom is 0.168 e. The van der Waals surface area contributed by atoms with Crippen LogP contribution in [0.4, 0.5) is 0 Å². The van der Waals surface area contributed by atoms with Gasteiger partial charge in [-0.1, -0.05) is 30.7 Å². The number of hydrogen-bond donors (Lipinski definition) is 0. The largest absolute Gasteiger partial charge is 0.303 e. The second-order valence-electron chi connectivity index (χ2n) is 4.98. The van der Waals surface area contributed by atoms with E-state index in [1.54, 1.807) is 6.07 Å². The summed E-state index contributed by atoms with van der Waals surface area (Å²) >= 11 is 6.10. The number of rotatable bonds is 4. The van der Waals surface area contributed by atoms with Crippen molar-refractivity contribution in [1.82, 2.24) is 4.90 Å². The Bertz CT molecular complexity index is 417. The second-order valence-corrected chi connectivity index (χ2v) is 5.39. The predicted molar refractivity (Wildman–Crippen MR) is 75.2 cm³/mol. The van der Waals surface area contributed by atoms with Crippen molar-refractivity contribution in [3.05, 3.63) is 34.9 Å². The Morgan fingerprint density at radius 3 is 2.94 bits per heavy atom. The Balaban J connectivity index is 2.07. The molecule has 1 saturated heterocycles. The van der Waals surface area contributed by atoms with Crippen LogP contribution in [0.1, 0.15) is 36.5 Å². The van der Waals surface area contributed by atoms with Crippen molar-refractivity contribution < 1.29 is 4.79 Å². The third kappa shape index (κ3) is 3.12. The number of halogens is 1. The summed E-state index contributed by atoms with van der Waals surface area (Å²) in [5, 5.41) is 0.579. The maximum atomic E-state index is 12.5. The van der Waals surface area contributed by atoms with Crippen LogP contribution in [0.5, 0.6) is 0 Å². The van der Waals surface area contributed by atoms with Gasteiger partial charge in [-0.3, -0.25) is 4.79 Å². The SMILES string of the molecule is CCCN1CCCC(C(=O)c2ccccc2Cl)C1. The lowest BCUT2D eigenvalue weighted by Crippen LogP contribution is -2.39. The molecule has 1 unspecified atom stereocenters. The zero-order valence-corrected chi connectivity index (χ0v) is 11.6. The number of piperidine rings is 1. The summed E-state index contributed by atoms with van der Waals surface area (Å²) in [6.45, 7) is 5.28. The lowest BCUT2D eigenvalue weighted by Gasteiger charge is -2.31. The van der Waals surface area contributed by atoms with Gasteiger partial charge in [0.1, 0.15) is 0 Å². The molecule has 1 heterocycles. The van der Waals surface area contributed by atoms with Crippen LogP contribution in [0.15, 0.2) is 24.3 Å². The number of carbonyl (C=O) groups is 1. The van der Waals surface area contributed by atoms with Crippen LogP contribution in [0.25, 0.3) is 0 Å². The molecule has 0 saturated carbocycles. The quantitative estimate of drug-likeness (QED) is 0.775. The average Bonchev–Trinajstić information content (AvgIpc) is 2.39. The van der Waals surface area contributed by atoms with E-state index in [0.29, 0.717) is 10.6 Å². The molecule has 3 heteroatoms. The Morgan fingerprint density at radius 1 is 1.44 bits per heavy atom. The van der Waals surface area contributed by atoms with Gasteiger partial charge in [0, 0.05) is 18.0 Å². The van der Waals surface area contributed by atoms with E-state index in [1.807, 2.05) is 18.2 Å². The lowest BCUT2D eigenvalue weighted by molar-refractivity contribution is 0.0820. The average molecular weight is 266 g/mol. The normalized spacial score (nSPS) is 20.9. The van der Waals surface area contributed by atoms with Gasteiger partial charge >= 0.3 is 0 Å². The highest BCUT2D eigenvalue weighted by Gasteiger charge is 2.27. The van der Waals surface area contributed by atoms with Gasteiger partial charge in [0.15, 0.2) is 5.78 Å². The third-order valence-corrected chi connectivity index (χ3v) is 3.89. The number of nitrogens with zero attached hydrogens (tertiary/aromatic N) is 1. The number of carbonyl (C=O) groups excluding carboxylic acids is 1. The van der Waals surface area contributed by atoms with Gasteiger partial charge in [0.2, 0.25) is 0 Å². The summed E-state index contributed by atoms with van der Waals surface area (Å²) in [6, 6.07) is 7.37. The van der Waals surface area contributed by atoms with Gasteiger partial charge in [-0.2, -0.15) is 0 Å². The molecule has 2 nitrogen and oxygen atoms in total. The van der Waals surface area contributed by atoms with Crippen molar-refractivity contribution in [1.29, 1.82) is 0 Å². The van der Waals surface area contributed by atoms with Gasteiger partial charge < -0.3 is 4.90 Å². The molecule has 1 fully saturated rings. The standard InChI is InChI=1S/C15H20ClNO/c1-2-9-17-10-5-6-12(11-17)15(18)13-7-3-4-8-14(13)16/h3-4,7-8,12H,2,5-6,9-11H2,1H3. The molecule has 0 N–H and O–H groups in total. The molecule has 1 aromatic rings. The zero-order valence-electron chi connectivity index (χ0n) is 10.9. The van der Waals surface area contributed by atoms with Crippen molar-refractivity contribution >= 4 is 17.4 Å². The number of benzene rings is 1. The first-order chi connectivity index (χ1) is 8.72. The molecule has 0 spiro atoms. The predicted octanol–water partition coefficient (Wildman–Crippen LogP) is 3.64. The molecule has 0 aliphatic carbocycles. The molecule has 98 valence electrons. The fourth-order valence-electron chi connectivity index (χ4n) is 2.67. The molecule has 1 aromatic carbocycles. The summed E-state index contributed by atoms with van der Waals surface area (Å²) in [5.74, 6) is 0.326. The van der Waals surface area contributed by atoms with Crippen molar-refractivity contribution in [2.24, 2.45) is 5.92 Å². The Kier molecular flexibility index (Phi) is 4.79. The fourth-order valence-corrected chi connectivity index (χ4v) is 2.90. The molecule has 0 amide bonds. The summed E-state index contributed by atoms with van der Waals surface area (Å²) in [7, 11) is 0. The molecule has 0 radical (unpaired) electrons. The fraction of sp³-hybridized carbons (Fsp3) is 0.533. The summed E-state index contributed by atoms with van der Waals surface area (Å²) in [4.78, 5) is 14.9. The van der Waals surface area contributed by atoms with Crippen molar-refractivity contribution in [3.8, 4) is 0 Å². The Morgan fingerprint density at radius 2 is 2.22 bits per heavy atom. The first kappa shape index (κ1) is 13.6. The number of ketones is 1. The van der Waals surface area contributed by atoms with Gasteiger partial charge in [-0.25, -0.2) is 0 Å². The second kappa shape index (κ2) is 6.35.